The molecule has 1 N–H and O–H groups in total. The van der Waals surface area contributed by atoms with Gasteiger partial charge >= 0.3 is 0 Å². The number of alkyl halides is 1. The molecule has 17 heavy (non-hydrogen) atoms. The summed E-state index contributed by atoms with van der Waals surface area (Å²) in [6.45, 7) is 1.70. The lowest BCUT2D eigenvalue weighted by Gasteiger charge is -2.08. The van der Waals surface area contributed by atoms with Crippen molar-refractivity contribution >= 4 is 31.6 Å². The first kappa shape index (κ1) is 14.1. The first-order valence-electron chi connectivity index (χ1n) is 4.70. The third kappa shape index (κ3) is 3.24. The molecule has 0 aliphatic carbocycles. The Morgan fingerprint density at radius 3 is 2.65 bits per heavy atom. The van der Waals surface area contributed by atoms with Gasteiger partial charge in [0, 0.05) is 17.9 Å². The first-order valence-corrected chi connectivity index (χ1v) is 7.30. The standard InChI is InChI=1S/C9H11BrN2O4S/c1-7-3-2-4-8(12(13)14)9(7)17(15,16)11-6-5-10/h2-4,11H,5-6H2,1H3. The summed E-state index contributed by atoms with van der Waals surface area (Å²) < 4.78 is 26.1. The van der Waals surface area contributed by atoms with Crippen molar-refractivity contribution in [3.05, 3.63) is 33.9 Å². The van der Waals surface area contributed by atoms with Crippen LogP contribution in [0.25, 0.3) is 0 Å². The van der Waals surface area contributed by atoms with Crippen LogP contribution < -0.4 is 4.72 Å². The van der Waals surface area contributed by atoms with Gasteiger partial charge in [-0.3, -0.25) is 10.1 Å². The minimum Gasteiger partial charge on any atom is -0.258 e. The number of aryl methyl sites for hydroxylation is 1. The van der Waals surface area contributed by atoms with Gasteiger partial charge in [-0.15, -0.1) is 0 Å². The van der Waals surface area contributed by atoms with Gasteiger partial charge in [0.25, 0.3) is 5.69 Å². The number of halogens is 1. The van der Waals surface area contributed by atoms with Crippen LogP contribution in [-0.2, 0) is 10.0 Å². The molecule has 0 bridgehead atoms. The van der Waals surface area contributed by atoms with Gasteiger partial charge in [-0.2, -0.15) is 0 Å². The normalized spacial score (nSPS) is 11.4. The molecule has 0 fully saturated rings. The number of nitrogens with zero attached hydrogens (tertiary/aromatic N) is 1. The molecule has 0 aliphatic rings. The zero-order valence-corrected chi connectivity index (χ0v) is 11.4. The highest BCUT2D eigenvalue weighted by Gasteiger charge is 2.27. The number of nitro groups is 1. The number of rotatable bonds is 5. The first-order chi connectivity index (χ1) is 7.90. The van der Waals surface area contributed by atoms with Gasteiger partial charge < -0.3 is 0 Å². The fourth-order valence-corrected chi connectivity index (χ4v) is 3.26. The molecule has 0 aliphatic heterocycles. The zero-order valence-electron chi connectivity index (χ0n) is 9.01. The molecule has 0 spiro atoms. The fourth-order valence-electron chi connectivity index (χ4n) is 1.38. The largest absolute Gasteiger partial charge is 0.289 e. The number of sulfonamides is 1. The number of nitro benzene ring substituents is 1. The van der Waals surface area contributed by atoms with E-state index in [4.69, 9.17) is 0 Å². The average Bonchev–Trinajstić information content (AvgIpc) is 2.25. The van der Waals surface area contributed by atoms with Crippen LogP contribution in [0.4, 0.5) is 5.69 Å². The van der Waals surface area contributed by atoms with Gasteiger partial charge in [-0.05, 0) is 12.5 Å². The van der Waals surface area contributed by atoms with Crippen molar-refractivity contribution in [3.8, 4) is 0 Å². The Hall–Kier alpha value is -0.990. The Morgan fingerprint density at radius 1 is 1.47 bits per heavy atom. The van der Waals surface area contributed by atoms with E-state index in [1.165, 1.54) is 25.1 Å². The van der Waals surface area contributed by atoms with Crippen molar-refractivity contribution in [2.24, 2.45) is 0 Å². The van der Waals surface area contributed by atoms with E-state index in [1.54, 1.807) is 0 Å². The summed E-state index contributed by atoms with van der Waals surface area (Å²) in [5.41, 5.74) is -0.0617. The maximum absolute atomic E-state index is 11.9. The third-order valence-corrected chi connectivity index (χ3v) is 4.09. The smallest absolute Gasteiger partial charge is 0.258 e. The summed E-state index contributed by atoms with van der Waals surface area (Å²) in [5, 5.41) is 11.2. The zero-order chi connectivity index (χ0) is 13.1. The van der Waals surface area contributed by atoms with E-state index in [2.05, 4.69) is 20.7 Å². The fraction of sp³-hybridized carbons (Fsp3) is 0.333. The van der Waals surface area contributed by atoms with E-state index in [-0.39, 0.29) is 11.4 Å². The van der Waals surface area contributed by atoms with Crippen LogP contribution in [-0.4, -0.2) is 25.2 Å². The highest BCUT2D eigenvalue weighted by atomic mass is 79.9. The third-order valence-electron chi connectivity index (χ3n) is 2.04. The summed E-state index contributed by atoms with van der Waals surface area (Å²) in [5.74, 6) is 0. The van der Waals surface area contributed by atoms with Crippen LogP contribution in [0, 0.1) is 17.0 Å². The second kappa shape index (κ2) is 5.56. The molecule has 94 valence electrons. The number of hydrogen-bond acceptors (Lipinski definition) is 4. The molecule has 0 radical (unpaired) electrons. The van der Waals surface area contributed by atoms with Gasteiger partial charge in [0.1, 0.15) is 0 Å². The van der Waals surface area contributed by atoms with E-state index >= 15 is 0 Å². The van der Waals surface area contributed by atoms with E-state index in [9.17, 15) is 18.5 Å². The Bertz CT molecular complexity index is 530. The van der Waals surface area contributed by atoms with Crippen LogP contribution in [0.1, 0.15) is 5.56 Å². The lowest BCUT2D eigenvalue weighted by Crippen LogP contribution is -2.26. The molecule has 1 rings (SSSR count). The van der Waals surface area contributed by atoms with E-state index in [0.29, 0.717) is 10.9 Å². The van der Waals surface area contributed by atoms with Crippen LogP contribution >= 0.6 is 15.9 Å². The highest BCUT2D eigenvalue weighted by molar-refractivity contribution is 9.09. The van der Waals surface area contributed by atoms with Crippen LogP contribution in [0.3, 0.4) is 0 Å². The number of benzene rings is 1. The summed E-state index contributed by atoms with van der Waals surface area (Å²) in [7, 11) is -3.85. The molecule has 8 heteroatoms. The van der Waals surface area contributed by atoms with Crippen molar-refractivity contribution in [3.63, 3.8) is 0 Å². The van der Waals surface area contributed by atoms with Gasteiger partial charge in [-0.25, -0.2) is 13.1 Å². The summed E-state index contributed by atoms with van der Waals surface area (Å²) >= 11 is 3.08. The topological polar surface area (TPSA) is 89.3 Å². The molecule has 1 aromatic carbocycles. The van der Waals surface area contributed by atoms with Crippen molar-refractivity contribution in [1.29, 1.82) is 0 Å². The molecule has 0 aromatic heterocycles. The van der Waals surface area contributed by atoms with Gasteiger partial charge in [0.15, 0.2) is 4.90 Å². The van der Waals surface area contributed by atoms with Crippen molar-refractivity contribution < 1.29 is 13.3 Å². The maximum atomic E-state index is 11.9. The second-order valence-corrected chi connectivity index (χ2v) is 5.76. The van der Waals surface area contributed by atoms with Crippen LogP contribution in [0.2, 0.25) is 0 Å². The van der Waals surface area contributed by atoms with Crippen LogP contribution in [0.5, 0.6) is 0 Å². The van der Waals surface area contributed by atoms with Gasteiger partial charge in [0.2, 0.25) is 10.0 Å². The average molecular weight is 323 g/mol. The van der Waals surface area contributed by atoms with Crippen molar-refractivity contribution in [1.82, 2.24) is 4.72 Å². The molecule has 0 unspecified atom stereocenters. The Labute approximate surface area is 107 Å². The minimum atomic E-state index is -3.85. The number of nitrogens with one attached hydrogen (secondary N) is 1. The van der Waals surface area contributed by atoms with Crippen molar-refractivity contribution in [2.75, 3.05) is 11.9 Å². The molecule has 1 aromatic rings. The summed E-state index contributed by atoms with van der Waals surface area (Å²) in [6.07, 6.45) is 0. The molecule has 0 heterocycles. The number of hydrogen-bond donors (Lipinski definition) is 1. The SMILES string of the molecule is Cc1cccc([N+](=O)[O-])c1S(=O)(=O)NCCBr. The monoisotopic (exact) mass is 322 g/mol. The molecular formula is C9H11BrN2O4S. The quantitative estimate of drug-likeness (QED) is 0.506. The van der Waals surface area contributed by atoms with Gasteiger partial charge in [0.05, 0.1) is 4.92 Å². The molecule has 0 amide bonds. The summed E-state index contributed by atoms with van der Waals surface area (Å²) in [4.78, 5) is 9.83. The molecule has 0 saturated heterocycles. The predicted octanol–water partition coefficient (Wildman–Crippen LogP) is 1.58. The van der Waals surface area contributed by atoms with Crippen molar-refractivity contribution in [2.45, 2.75) is 11.8 Å². The Kier molecular flexibility index (Phi) is 4.61. The Morgan fingerprint density at radius 2 is 2.12 bits per heavy atom. The van der Waals surface area contributed by atoms with E-state index in [0.717, 1.165) is 0 Å². The predicted molar refractivity (Wildman–Crippen MR) is 66.8 cm³/mol. The lowest BCUT2D eigenvalue weighted by molar-refractivity contribution is -0.387. The van der Waals surface area contributed by atoms with E-state index < -0.39 is 20.6 Å². The highest BCUT2D eigenvalue weighted by Crippen LogP contribution is 2.26. The Balaban J connectivity index is 3.34. The molecule has 0 atom stereocenters. The maximum Gasteiger partial charge on any atom is 0.289 e. The van der Waals surface area contributed by atoms with Crippen LogP contribution in [0.15, 0.2) is 23.1 Å². The lowest BCUT2D eigenvalue weighted by atomic mass is 10.2. The van der Waals surface area contributed by atoms with E-state index in [1.807, 2.05) is 0 Å². The molecular weight excluding hydrogens is 312 g/mol. The summed E-state index contributed by atoms with van der Waals surface area (Å²) in [6, 6.07) is 4.16. The molecule has 6 nitrogen and oxygen atoms in total. The minimum absolute atomic E-state index is 0.174. The molecule has 0 saturated carbocycles. The van der Waals surface area contributed by atoms with Gasteiger partial charge in [-0.1, -0.05) is 28.1 Å². The second-order valence-electron chi connectivity index (χ2n) is 3.27.